The second-order valence-corrected chi connectivity index (χ2v) is 4.93. The average Bonchev–Trinajstić information content (AvgIpc) is 2.15. The fourth-order valence-corrected chi connectivity index (χ4v) is 2.93. The van der Waals surface area contributed by atoms with Gasteiger partial charge in [0.25, 0.3) is 0 Å². The maximum atomic E-state index is 7.34. The molecule has 1 aliphatic rings. The molecule has 1 heteroatoms. The molecule has 2 atom stereocenters. The van der Waals surface area contributed by atoms with E-state index in [2.05, 4.69) is 6.92 Å². The highest BCUT2D eigenvalue weighted by molar-refractivity contribution is 7.99. The van der Waals surface area contributed by atoms with Gasteiger partial charge in [-0.2, -0.15) is 11.8 Å². The minimum atomic E-state index is 0.632. The van der Waals surface area contributed by atoms with Crippen molar-refractivity contribution in [3.05, 3.63) is 0 Å². The Hall–Kier alpha value is 0.350. The van der Waals surface area contributed by atoms with Crippen molar-refractivity contribution in [1.29, 1.82) is 0 Å². The number of hydrogen-bond donors (Lipinski definition) is 0. The van der Waals surface area contributed by atoms with E-state index in [0.29, 0.717) is 12.1 Å². The van der Waals surface area contributed by atoms with Crippen LogP contribution in [0.1, 0.15) is 47.3 Å². The Balaban J connectivity index is 2.16. The van der Waals surface area contributed by atoms with Gasteiger partial charge in [-0.05, 0) is 24.5 Å². The van der Waals surface area contributed by atoms with E-state index in [1.165, 1.54) is 37.9 Å². The SMILES string of the molecule is [2H]CC1CC(CCCC)CCS1. The van der Waals surface area contributed by atoms with Gasteiger partial charge in [0.2, 0.25) is 0 Å². The highest BCUT2D eigenvalue weighted by Crippen LogP contribution is 2.31. The van der Waals surface area contributed by atoms with Gasteiger partial charge in [0, 0.05) is 6.62 Å². The van der Waals surface area contributed by atoms with Crippen LogP contribution in [0.2, 0.25) is 0 Å². The summed E-state index contributed by atoms with van der Waals surface area (Å²) in [6.07, 6.45) is 6.85. The molecule has 0 spiro atoms. The molecule has 66 valence electrons. The van der Waals surface area contributed by atoms with Crippen LogP contribution in [0.4, 0.5) is 0 Å². The molecule has 0 aromatic heterocycles. The summed E-state index contributed by atoms with van der Waals surface area (Å²) in [6, 6.07) is 0. The second-order valence-electron chi connectivity index (χ2n) is 3.53. The molecule has 0 aliphatic carbocycles. The number of rotatable bonds is 3. The minimum absolute atomic E-state index is 0.632. The van der Waals surface area contributed by atoms with Gasteiger partial charge in [0.15, 0.2) is 0 Å². The van der Waals surface area contributed by atoms with Gasteiger partial charge >= 0.3 is 0 Å². The summed E-state index contributed by atoms with van der Waals surface area (Å²) in [7, 11) is 0. The molecular weight excluding hydrogens is 152 g/mol. The summed E-state index contributed by atoms with van der Waals surface area (Å²) in [4.78, 5) is 0. The quantitative estimate of drug-likeness (QED) is 0.627. The lowest BCUT2D eigenvalue weighted by Gasteiger charge is -2.26. The number of hydrogen-bond acceptors (Lipinski definition) is 1. The molecule has 0 aromatic carbocycles. The molecule has 1 rings (SSSR count). The van der Waals surface area contributed by atoms with E-state index in [9.17, 15) is 0 Å². The maximum absolute atomic E-state index is 7.34. The van der Waals surface area contributed by atoms with Crippen molar-refractivity contribution in [3.63, 3.8) is 0 Å². The fourth-order valence-electron chi connectivity index (χ4n) is 1.71. The van der Waals surface area contributed by atoms with Crippen molar-refractivity contribution < 1.29 is 1.37 Å². The van der Waals surface area contributed by atoms with Gasteiger partial charge in [0.1, 0.15) is 0 Å². The minimum Gasteiger partial charge on any atom is -0.159 e. The van der Waals surface area contributed by atoms with Crippen LogP contribution in [0, 0.1) is 5.92 Å². The summed E-state index contributed by atoms with van der Waals surface area (Å²) in [5.41, 5.74) is 0. The summed E-state index contributed by atoms with van der Waals surface area (Å²) in [6.45, 7) is 2.90. The summed E-state index contributed by atoms with van der Waals surface area (Å²) in [5, 5.41) is 0.653. The predicted octanol–water partition coefficient (Wildman–Crippen LogP) is 3.71. The van der Waals surface area contributed by atoms with Crippen molar-refractivity contribution >= 4 is 11.8 Å². The van der Waals surface area contributed by atoms with Gasteiger partial charge in [-0.1, -0.05) is 33.1 Å². The topological polar surface area (TPSA) is 0 Å². The molecule has 0 aromatic rings. The third-order valence-corrected chi connectivity index (χ3v) is 3.58. The Kier molecular flexibility index (Phi) is 3.68. The molecule has 0 bridgehead atoms. The average molecular weight is 173 g/mol. The van der Waals surface area contributed by atoms with Gasteiger partial charge < -0.3 is 0 Å². The van der Waals surface area contributed by atoms with Crippen LogP contribution in [-0.4, -0.2) is 11.0 Å². The van der Waals surface area contributed by atoms with E-state index in [1.807, 2.05) is 11.8 Å². The third kappa shape index (κ3) is 3.50. The van der Waals surface area contributed by atoms with Crippen molar-refractivity contribution in [2.45, 2.75) is 51.2 Å². The Morgan fingerprint density at radius 3 is 3.27 bits per heavy atom. The lowest BCUT2D eigenvalue weighted by Crippen LogP contribution is -2.15. The molecule has 2 unspecified atom stereocenters. The predicted molar refractivity (Wildman–Crippen MR) is 54.2 cm³/mol. The third-order valence-electron chi connectivity index (χ3n) is 2.44. The van der Waals surface area contributed by atoms with Gasteiger partial charge in [-0.3, -0.25) is 0 Å². The molecular formula is C10H20S. The first-order valence-electron chi connectivity index (χ1n) is 5.48. The smallest absolute Gasteiger partial charge is 0.0242 e. The van der Waals surface area contributed by atoms with E-state index in [4.69, 9.17) is 1.37 Å². The fraction of sp³-hybridized carbons (Fsp3) is 1.00. The Morgan fingerprint density at radius 2 is 2.55 bits per heavy atom. The zero-order valence-electron chi connectivity index (χ0n) is 8.51. The van der Waals surface area contributed by atoms with Crippen LogP contribution < -0.4 is 0 Å². The Bertz CT molecular complexity index is 116. The van der Waals surface area contributed by atoms with Crippen LogP contribution in [-0.2, 0) is 0 Å². The Morgan fingerprint density at radius 1 is 1.64 bits per heavy atom. The van der Waals surface area contributed by atoms with Crippen molar-refractivity contribution in [3.8, 4) is 0 Å². The van der Waals surface area contributed by atoms with Gasteiger partial charge in [0.05, 0.1) is 0 Å². The van der Waals surface area contributed by atoms with E-state index < -0.39 is 0 Å². The lowest BCUT2D eigenvalue weighted by molar-refractivity contribution is 0.414. The van der Waals surface area contributed by atoms with Crippen LogP contribution >= 0.6 is 11.8 Å². The lowest BCUT2D eigenvalue weighted by atomic mass is 9.94. The molecule has 1 aliphatic heterocycles. The standard InChI is InChI=1S/C10H20S/c1-3-4-5-10-6-7-11-9(2)8-10/h9-10H,3-8H2,1-2H3/i2D. The molecule has 1 saturated heterocycles. The highest BCUT2D eigenvalue weighted by Gasteiger charge is 2.17. The van der Waals surface area contributed by atoms with Crippen LogP contribution in [0.15, 0.2) is 0 Å². The van der Waals surface area contributed by atoms with Crippen molar-refractivity contribution in [2.24, 2.45) is 5.92 Å². The Labute approximate surface area is 76.5 Å². The zero-order valence-corrected chi connectivity index (χ0v) is 8.33. The van der Waals surface area contributed by atoms with Crippen LogP contribution in [0.25, 0.3) is 0 Å². The van der Waals surface area contributed by atoms with E-state index in [0.717, 1.165) is 5.92 Å². The molecule has 1 fully saturated rings. The van der Waals surface area contributed by atoms with Crippen LogP contribution in [0.5, 0.6) is 0 Å². The van der Waals surface area contributed by atoms with Crippen LogP contribution in [0.3, 0.4) is 0 Å². The molecule has 1 heterocycles. The normalized spacial score (nSPS) is 33.4. The molecule has 11 heavy (non-hydrogen) atoms. The summed E-state index contributed by atoms with van der Waals surface area (Å²) < 4.78 is 7.34. The molecule has 0 N–H and O–H groups in total. The molecule has 0 radical (unpaired) electrons. The molecule has 0 amide bonds. The molecule has 0 nitrogen and oxygen atoms in total. The molecule has 0 saturated carbocycles. The number of unbranched alkanes of at least 4 members (excludes halogenated alkanes) is 1. The summed E-state index contributed by atoms with van der Waals surface area (Å²) >= 11 is 2.01. The van der Waals surface area contributed by atoms with E-state index in [-0.39, 0.29) is 0 Å². The zero-order chi connectivity index (χ0) is 8.81. The van der Waals surface area contributed by atoms with Gasteiger partial charge in [-0.15, -0.1) is 0 Å². The van der Waals surface area contributed by atoms with Gasteiger partial charge in [-0.25, -0.2) is 0 Å². The van der Waals surface area contributed by atoms with Crippen molar-refractivity contribution in [2.75, 3.05) is 5.75 Å². The number of thioether (sulfide) groups is 1. The van der Waals surface area contributed by atoms with E-state index in [1.54, 1.807) is 0 Å². The second kappa shape index (κ2) is 5.08. The van der Waals surface area contributed by atoms with E-state index >= 15 is 0 Å². The monoisotopic (exact) mass is 173 g/mol. The first kappa shape index (κ1) is 7.97. The summed E-state index contributed by atoms with van der Waals surface area (Å²) in [5.74, 6) is 2.25. The van der Waals surface area contributed by atoms with Crippen molar-refractivity contribution in [1.82, 2.24) is 0 Å². The maximum Gasteiger partial charge on any atom is 0.0242 e. The first-order chi connectivity index (χ1) is 5.86. The largest absolute Gasteiger partial charge is 0.159 e. The first-order valence-corrected chi connectivity index (χ1v) is 5.82. The highest BCUT2D eigenvalue weighted by atomic mass is 32.2.